The first-order chi connectivity index (χ1) is 13.7. The van der Waals surface area contributed by atoms with Crippen molar-refractivity contribution >= 4 is 23.2 Å². The zero-order valence-corrected chi connectivity index (χ0v) is 16.4. The molecule has 3 rings (SSSR count). The van der Waals surface area contributed by atoms with Crippen LogP contribution >= 0.6 is 0 Å². The first kappa shape index (κ1) is 20.8. The van der Waals surface area contributed by atoms with E-state index >= 15 is 0 Å². The van der Waals surface area contributed by atoms with Crippen molar-refractivity contribution in [2.75, 3.05) is 42.3 Å². The lowest BCUT2D eigenvalue weighted by molar-refractivity contribution is -0.137. The van der Waals surface area contributed by atoms with Crippen molar-refractivity contribution in [3.8, 4) is 0 Å². The van der Waals surface area contributed by atoms with Crippen LogP contribution in [0, 0.1) is 0 Å². The Kier molecular flexibility index (Phi) is 6.14. The van der Waals surface area contributed by atoms with E-state index in [-0.39, 0.29) is 12.2 Å². The van der Waals surface area contributed by atoms with Crippen LogP contribution < -0.4 is 20.4 Å². The van der Waals surface area contributed by atoms with E-state index in [0.717, 1.165) is 49.4 Å². The number of carbonyl (C=O) groups is 1. The number of pyridine rings is 1. The molecule has 2 amide bonds. The first-order valence-electron chi connectivity index (χ1n) is 9.37. The van der Waals surface area contributed by atoms with Crippen molar-refractivity contribution in [2.45, 2.75) is 25.6 Å². The lowest BCUT2D eigenvalue weighted by atomic mass is 10.1. The maximum absolute atomic E-state index is 13.1. The van der Waals surface area contributed by atoms with Crippen LogP contribution in [-0.2, 0) is 12.7 Å². The van der Waals surface area contributed by atoms with E-state index in [2.05, 4.69) is 15.6 Å². The van der Waals surface area contributed by atoms with E-state index in [0.29, 0.717) is 5.69 Å². The molecule has 1 aliphatic rings. The molecule has 29 heavy (non-hydrogen) atoms. The summed E-state index contributed by atoms with van der Waals surface area (Å²) in [6, 6.07) is 6.51. The molecule has 156 valence electrons. The Morgan fingerprint density at radius 2 is 1.90 bits per heavy atom. The van der Waals surface area contributed by atoms with E-state index in [9.17, 15) is 18.0 Å². The van der Waals surface area contributed by atoms with Gasteiger partial charge in [0, 0.05) is 39.9 Å². The zero-order valence-electron chi connectivity index (χ0n) is 16.4. The van der Waals surface area contributed by atoms with E-state index < -0.39 is 17.8 Å². The normalized spacial score (nSPS) is 14.0. The molecule has 2 aromatic rings. The summed E-state index contributed by atoms with van der Waals surface area (Å²) >= 11 is 0. The molecule has 1 aromatic heterocycles. The fourth-order valence-corrected chi connectivity index (χ4v) is 3.21. The van der Waals surface area contributed by atoms with Gasteiger partial charge in [0.2, 0.25) is 0 Å². The van der Waals surface area contributed by atoms with E-state index in [4.69, 9.17) is 0 Å². The van der Waals surface area contributed by atoms with Gasteiger partial charge in [0.15, 0.2) is 0 Å². The number of benzene rings is 1. The maximum atomic E-state index is 13.1. The molecular weight excluding hydrogens is 383 g/mol. The van der Waals surface area contributed by atoms with Crippen LogP contribution in [0.25, 0.3) is 0 Å². The highest BCUT2D eigenvalue weighted by molar-refractivity contribution is 5.93. The summed E-state index contributed by atoms with van der Waals surface area (Å²) in [5, 5.41) is 5.28. The molecule has 2 N–H and O–H groups in total. The van der Waals surface area contributed by atoms with Crippen molar-refractivity contribution in [2.24, 2.45) is 0 Å². The summed E-state index contributed by atoms with van der Waals surface area (Å²) in [6.45, 7) is 1.74. The van der Waals surface area contributed by atoms with Crippen LogP contribution in [0.3, 0.4) is 0 Å². The Hall–Kier alpha value is -2.97. The van der Waals surface area contributed by atoms with Crippen LogP contribution in [0.2, 0.25) is 0 Å². The Morgan fingerprint density at radius 1 is 1.17 bits per heavy atom. The van der Waals surface area contributed by atoms with Crippen LogP contribution in [0.4, 0.5) is 35.2 Å². The van der Waals surface area contributed by atoms with Gasteiger partial charge in [-0.25, -0.2) is 9.78 Å². The van der Waals surface area contributed by atoms with E-state index in [1.165, 1.54) is 6.07 Å². The van der Waals surface area contributed by atoms with Crippen molar-refractivity contribution in [1.82, 2.24) is 10.3 Å². The standard InChI is InChI=1S/C20H24F3N5O/c1-27(2)18-11-14(7-8-24-18)13-25-19(29)26-16-12-15(20(21,22)23)5-6-17(16)28-9-3-4-10-28/h5-8,11-12H,3-4,9-10,13H2,1-2H3,(H2,25,26,29). The van der Waals surface area contributed by atoms with Crippen molar-refractivity contribution in [1.29, 1.82) is 0 Å². The summed E-state index contributed by atoms with van der Waals surface area (Å²) in [7, 11) is 3.72. The van der Waals surface area contributed by atoms with Gasteiger partial charge in [-0.05, 0) is 48.7 Å². The van der Waals surface area contributed by atoms with Gasteiger partial charge in [0.25, 0.3) is 0 Å². The van der Waals surface area contributed by atoms with Gasteiger partial charge in [-0.3, -0.25) is 0 Å². The topological polar surface area (TPSA) is 60.5 Å². The van der Waals surface area contributed by atoms with Crippen LogP contribution in [0.5, 0.6) is 0 Å². The molecule has 1 saturated heterocycles. The quantitative estimate of drug-likeness (QED) is 0.784. The maximum Gasteiger partial charge on any atom is 0.416 e. The third-order valence-corrected chi connectivity index (χ3v) is 4.74. The number of halogens is 3. The Bertz CT molecular complexity index is 863. The molecule has 0 radical (unpaired) electrons. The number of hydrogen-bond donors (Lipinski definition) is 2. The predicted octanol–water partition coefficient (Wildman–Crippen LogP) is 4.09. The van der Waals surface area contributed by atoms with E-state index in [1.807, 2.05) is 30.0 Å². The van der Waals surface area contributed by atoms with Gasteiger partial charge in [0.05, 0.1) is 16.9 Å². The molecule has 1 fully saturated rings. The molecule has 0 saturated carbocycles. The average Bonchev–Trinajstić information content (AvgIpc) is 3.20. The predicted molar refractivity (Wildman–Crippen MR) is 107 cm³/mol. The highest BCUT2D eigenvalue weighted by atomic mass is 19.4. The number of aromatic nitrogens is 1. The number of amides is 2. The summed E-state index contributed by atoms with van der Waals surface area (Å²) < 4.78 is 39.4. The first-order valence-corrected chi connectivity index (χ1v) is 9.37. The van der Waals surface area contributed by atoms with Gasteiger partial charge in [-0.15, -0.1) is 0 Å². The lowest BCUT2D eigenvalue weighted by Gasteiger charge is -2.23. The molecule has 0 atom stereocenters. The highest BCUT2D eigenvalue weighted by Gasteiger charge is 2.32. The SMILES string of the molecule is CN(C)c1cc(CNC(=O)Nc2cc(C(F)(F)F)ccc2N2CCCC2)ccn1. The fourth-order valence-electron chi connectivity index (χ4n) is 3.21. The smallest absolute Gasteiger partial charge is 0.370 e. The van der Waals surface area contributed by atoms with Gasteiger partial charge < -0.3 is 20.4 Å². The van der Waals surface area contributed by atoms with Gasteiger partial charge >= 0.3 is 12.2 Å². The number of urea groups is 1. The number of rotatable bonds is 5. The minimum Gasteiger partial charge on any atom is -0.370 e. The second kappa shape index (κ2) is 8.59. The second-order valence-corrected chi connectivity index (χ2v) is 7.15. The number of carbonyl (C=O) groups excluding carboxylic acids is 1. The molecule has 2 heterocycles. The summed E-state index contributed by atoms with van der Waals surface area (Å²) in [4.78, 5) is 20.4. The molecule has 9 heteroatoms. The van der Waals surface area contributed by atoms with Crippen LogP contribution in [-0.4, -0.2) is 38.2 Å². The molecule has 0 unspecified atom stereocenters. The van der Waals surface area contributed by atoms with Crippen molar-refractivity contribution < 1.29 is 18.0 Å². The zero-order chi connectivity index (χ0) is 21.0. The van der Waals surface area contributed by atoms with Crippen LogP contribution in [0.1, 0.15) is 24.0 Å². The van der Waals surface area contributed by atoms with Gasteiger partial charge in [-0.1, -0.05) is 0 Å². The minimum absolute atomic E-state index is 0.155. The number of alkyl halides is 3. The Balaban J connectivity index is 1.73. The molecule has 0 spiro atoms. The van der Waals surface area contributed by atoms with Gasteiger partial charge in [-0.2, -0.15) is 13.2 Å². The highest BCUT2D eigenvalue weighted by Crippen LogP contribution is 2.36. The largest absolute Gasteiger partial charge is 0.416 e. The number of anilines is 3. The Labute approximate surface area is 167 Å². The number of hydrogen-bond acceptors (Lipinski definition) is 4. The molecule has 0 bridgehead atoms. The monoisotopic (exact) mass is 407 g/mol. The van der Waals surface area contributed by atoms with Gasteiger partial charge in [0.1, 0.15) is 5.82 Å². The lowest BCUT2D eigenvalue weighted by Crippen LogP contribution is -2.30. The number of nitrogens with zero attached hydrogens (tertiary/aromatic N) is 3. The third kappa shape index (κ3) is 5.30. The summed E-state index contributed by atoms with van der Waals surface area (Å²) in [5.41, 5.74) is 0.801. The van der Waals surface area contributed by atoms with Crippen molar-refractivity contribution in [3.63, 3.8) is 0 Å². The van der Waals surface area contributed by atoms with E-state index in [1.54, 1.807) is 12.3 Å². The Morgan fingerprint density at radius 3 is 2.55 bits per heavy atom. The van der Waals surface area contributed by atoms with Crippen molar-refractivity contribution in [3.05, 3.63) is 47.7 Å². The minimum atomic E-state index is -4.48. The fraction of sp³-hybridized carbons (Fsp3) is 0.400. The molecule has 1 aromatic carbocycles. The number of nitrogens with one attached hydrogen (secondary N) is 2. The summed E-state index contributed by atoms with van der Waals surface area (Å²) in [5.74, 6) is 0.749. The summed E-state index contributed by atoms with van der Waals surface area (Å²) in [6.07, 6.45) is -0.885. The third-order valence-electron chi connectivity index (χ3n) is 4.74. The van der Waals surface area contributed by atoms with Crippen LogP contribution in [0.15, 0.2) is 36.5 Å². The molecule has 0 aliphatic carbocycles. The molecule has 1 aliphatic heterocycles. The average molecular weight is 407 g/mol. The molecular formula is C20H24F3N5O. The molecule has 6 nitrogen and oxygen atoms in total. The second-order valence-electron chi connectivity index (χ2n) is 7.15.